The number of carbonyl (C=O) groups is 1. The minimum Gasteiger partial charge on any atom is -0.454 e. The summed E-state index contributed by atoms with van der Waals surface area (Å²) in [5.74, 6) is 1.94. The number of nitrogens with zero attached hydrogens (tertiary/aromatic N) is 1. The molecule has 2 aliphatic heterocycles. The molecular weight excluding hydrogens is 394 g/mol. The second kappa shape index (κ2) is 9.42. The molecule has 4 rings (SSSR count). The molecule has 0 radical (unpaired) electrons. The van der Waals surface area contributed by atoms with Crippen molar-refractivity contribution in [1.82, 2.24) is 4.57 Å². The molecule has 0 aliphatic carbocycles. The monoisotopic (exact) mass is 429 g/mol. The average molecular weight is 430 g/mol. The van der Waals surface area contributed by atoms with Crippen LogP contribution in [0.1, 0.15) is 40.3 Å². The van der Waals surface area contributed by atoms with Crippen LogP contribution in [0.25, 0.3) is 0 Å². The van der Waals surface area contributed by atoms with Gasteiger partial charge in [0.1, 0.15) is 39.3 Å². The zero-order valence-electron chi connectivity index (χ0n) is 19.1. The summed E-state index contributed by atoms with van der Waals surface area (Å²) in [6, 6.07) is 8.50. The van der Waals surface area contributed by atoms with Gasteiger partial charge in [-0.15, -0.1) is 0 Å². The quantitative estimate of drug-likeness (QED) is 0.589. The first-order valence-corrected chi connectivity index (χ1v) is 11.2. The SMILES string of the molecule is COC[C@@H](C)n1c(C)cc(C(=O)C[NH+]2CC[NH+](Cc3ccc4c(c3)OCO4)CC2)c1C. The first-order chi connectivity index (χ1) is 15.0. The molecule has 0 spiro atoms. The van der Waals surface area contributed by atoms with Crippen LogP contribution < -0.4 is 19.3 Å². The molecule has 0 amide bonds. The van der Waals surface area contributed by atoms with Gasteiger partial charge in [-0.3, -0.25) is 4.79 Å². The number of ether oxygens (including phenoxy) is 3. The van der Waals surface area contributed by atoms with Crippen LogP contribution in [-0.4, -0.2) is 63.6 Å². The maximum atomic E-state index is 13.1. The fraction of sp³-hybridized carbons (Fsp3) is 0.542. The molecule has 7 heteroatoms. The van der Waals surface area contributed by atoms with Gasteiger partial charge in [0, 0.05) is 29.6 Å². The van der Waals surface area contributed by atoms with E-state index in [4.69, 9.17) is 14.2 Å². The number of nitrogens with one attached hydrogen (secondary N) is 2. The van der Waals surface area contributed by atoms with E-state index in [0.29, 0.717) is 19.9 Å². The highest BCUT2D eigenvalue weighted by atomic mass is 16.7. The summed E-state index contributed by atoms with van der Waals surface area (Å²) in [6.07, 6.45) is 0. The maximum absolute atomic E-state index is 13.1. The van der Waals surface area contributed by atoms with Crippen LogP contribution in [0.15, 0.2) is 24.3 Å². The normalized spacial score (nSPS) is 21.3. The third-order valence-corrected chi connectivity index (χ3v) is 6.60. The molecule has 0 unspecified atom stereocenters. The number of ketones is 1. The van der Waals surface area contributed by atoms with Gasteiger partial charge in [0.15, 0.2) is 11.5 Å². The van der Waals surface area contributed by atoms with Crippen LogP contribution >= 0.6 is 0 Å². The van der Waals surface area contributed by atoms with E-state index < -0.39 is 0 Å². The number of hydrogen-bond acceptors (Lipinski definition) is 4. The second-order valence-electron chi connectivity index (χ2n) is 8.92. The van der Waals surface area contributed by atoms with E-state index in [0.717, 1.165) is 61.2 Å². The lowest BCUT2D eigenvalue weighted by Gasteiger charge is -2.29. The van der Waals surface area contributed by atoms with Crippen molar-refractivity contribution in [1.29, 1.82) is 0 Å². The van der Waals surface area contributed by atoms with Crippen molar-refractivity contribution in [2.75, 3.05) is 53.2 Å². The predicted octanol–water partition coefficient (Wildman–Crippen LogP) is 0.207. The minimum absolute atomic E-state index is 0.224. The number of fused-ring (bicyclic) bond motifs is 1. The molecule has 2 aliphatic rings. The summed E-state index contributed by atoms with van der Waals surface area (Å²) >= 11 is 0. The second-order valence-corrected chi connectivity index (χ2v) is 8.92. The van der Waals surface area contributed by atoms with Gasteiger partial charge in [-0.25, -0.2) is 0 Å². The summed E-state index contributed by atoms with van der Waals surface area (Å²) in [7, 11) is 1.72. The van der Waals surface area contributed by atoms with Gasteiger partial charge in [0.25, 0.3) is 0 Å². The summed E-state index contributed by atoms with van der Waals surface area (Å²) < 4.78 is 18.4. The molecule has 3 heterocycles. The maximum Gasteiger partial charge on any atom is 0.231 e. The van der Waals surface area contributed by atoms with Crippen LogP contribution in [-0.2, 0) is 11.3 Å². The van der Waals surface area contributed by atoms with Crippen molar-refractivity contribution >= 4 is 5.78 Å². The van der Waals surface area contributed by atoms with E-state index >= 15 is 0 Å². The third kappa shape index (κ3) is 4.79. The van der Waals surface area contributed by atoms with E-state index in [1.54, 1.807) is 12.0 Å². The van der Waals surface area contributed by atoms with E-state index in [-0.39, 0.29) is 11.8 Å². The molecule has 0 bridgehead atoms. The Hall–Kier alpha value is -2.35. The lowest BCUT2D eigenvalue weighted by Crippen LogP contribution is -3.27. The number of benzene rings is 1. The largest absolute Gasteiger partial charge is 0.454 e. The Morgan fingerprint density at radius 1 is 1.10 bits per heavy atom. The summed E-state index contributed by atoms with van der Waals surface area (Å²) in [5, 5.41) is 0. The number of piperazine rings is 1. The van der Waals surface area contributed by atoms with Crippen molar-refractivity contribution < 1.29 is 28.8 Å². The summed E-state index contributed by atoms with van der Waals surface area (Å²) in [5.41, 5.74) is 4.32. The van der Waals surface area contributed by atoms with E-state index in [2.05, 4.69) is 37.5 Å². The van der Waals surface area contributed by atoms with Gasteiger partial charge < -0.3 is 28.6 Å². The topological polar surface area (TPSA) is 58.6 Å². The molecule has 0 saturated carbocycles. The highest BCUT2D eigenvalue weighted by Gasteiger charge is 2.27. The Balaban J connectivity index is 1.31. The van der Waals surface area contributed by atoms with Crippen LogP contribution in [0.4, 0.5) is 0 Å². The Bertz CT molecular complexity index is 931. The molecule has 31 heavy (non-hydrogen) atoms. The Morgan fingerprint density at radius 3 is 2.55 bits per heavy atom. The van der Waals surface area contributed by atoms with Crippen molar-refractivity contribution in [3.63, 3.8) is 0 Å². The number of rotatable bonds is 8. The van der Waals surface area contributed by atoms with Crippen LogP contribution in [0, 0.1) is 13.8 Å². The number of Topliss-reactive ketones (excluding diaryl/α,β-unsaturated/α-hetero) is 1. The van der Waals surface area contributed by atoms with E-state index in [1.807, 2.05) is 12.1 Å². The summed E-state index contributed by atoms with van der Waals surface area (Å²) in [6.45, 7) is 12.9. The highest BCUT2D eigenvalue weighted by Crippen LogP contribution is 2.32. The lowest BCUT2D eigenvalue weighted by molar-refractivity contribution is -1.01. The van der Waals surface area contributed by atoms with Gasteiger partial charge >= 0.3 is 0 Å². The van der Waals surface area contributed by atoms with Crippen molar-refractivity contribution in [3.05, 3.63) is 46.8 Å². The molecule has 1 aromatic heterocycles. The molecule has 1 aromatic carbocycles. The number of methoxy groups -OCH3 is 1. The Morgan fingerprint density at radius 2 is 1.81 bits per heavy atom. The predicted molar refractivity (Wildman–Crippen MR) is 117 cm³/mol. The lowest BCUT2D eigenvalue weighted by atomic mass is 10.1. The first kappa shape index (κ1) is 21.9. The van der Waals surface area contributed by atoms with Gasteiger partial charge in [0.2, 0.25) is 12.6 Å². The average Bonchev–Trinajstić information content (AvgIpc) is 3.33. The Labute approximate surface area is 184 Å². The number of aryl methyl sites for hydroxylation is 1. The zero-order chi connectivity index (χ0) is 22.0. The smallest absolute Gasteiger partial charge is 0.231 e. The standard InChI is InChI=1S/C24H33N3O4/c1-17-11-21(19(3)27(17)18(2)15-29-4)22(28)14-26-9-7-25(8-10-26)13-20-5-6-23-24(12-20)31-16-30-23/h5-6,11-12,18H,7-10,13-16H2,1-4H3/p+2/t18-/m1/s1. The Kier molecular flexibility index (Phi) is 6.65. The number of quaternary nitrogens is 2. The van der Waals surface area contributed by atoms with Crippen molar-refractivity contribution in [2.24, 2.45) is 0 Å². The van der Waals surface area contributed by atoms with Crippen molar-refractivity contribution in [3.8, 4) is 11.5 Å². The van der Waals surface area contributed by atoms with E-state index in [9.17, 15) is 4.79 Å². The molecule has 1 fully saturated rings. The van der Waals surface area contributed by atoms with Crippen molar-refractivity contribution in [2.45, 2.75) is 33.4 Å². The van der Waals surface area contributed by atoms with Gasteiger partial charge in [-0.1, -0.05) is 0 Å². The fourth-order valence-electron chi connectivity index (χ4n) is 5.03. The summed E-state index contributed by atoms with van der Waals surface area (Å²) in [4.78, 5) is 16.0. The minimum atomic E-state index is 0.224. The highest BCUT2D eigenvalue weighted by molar-refractivity contribution is 5.98. The van der Waals surface area contributed by atoms with E-state index in [1.165, 1.54) is 10.5 Å². The number of aromatic nitrogens is 1. The van der Waals surface area contributed by atoms with Gasteiger partial charge in [0.05, 0.1) is 12.6 Å². The van der Waals surface area contributed by atoms with Gasteiger partial charge in [-0.2, -0.15) is 0 Å². The van der Waals surface area contributed by atoms with Crippen LogP contribution in [0.3, 0.4) is 0 Å². The first-order valence-electron chi connectivity index (χ1n) is 11.2. The molecule has 1 atom stereocenters. The molecule has 1 saturated heterocycles. The number of carbonyl (C=O) groups excluding carboxylic acids is 1. The molecule has 2 aromatic rings. The zero-order valence-corrected chi connectivity index (χ0v) is 19.1. The fourth-order valence-corrected chi connectivity index (χ4v) is 5.03. The molecule has 7 nitrogen and oxygen atoms in total. The molecule has 168 valence electrons. The van der Waals surface area contributed by atoms with Crippen LogP contribution in [0.5, 0.6) is 11.5 Å². The molecule has 2 N–H and O–H groups in total. The number of hydrogen-bond donors (Lipinski definition) is 2. The molecular formula is C24H35N3O4+2. The van der Waals surface area contributed by atoms with Crippen LogP contribution in [0.2, 0.25) is 0 Å². The third-order valence-electron chi connectivity index (χ3n) is 6.60. The van der Waals surface area contributed by atoms with Gasteiger partial charge in [-0.05, 0) is 45.0 Å².